The number of anilines is 1. The molecule has 1 N–H and O–H groups in total. The van der Waals surface area contributed by atoms with Gasteiger partial charge in [0.1, 0.15) is 5.75 Å². The number of carbonyl (C=O) groups is 1. The Balaban J connectivity index is 1.43. The summed E-state index contributed by atoms with van der Waals surface area (Å²) in [6.07, 6.45) is 1.22. The van der Waals surface area contributed by atoms with Crippen LogP contribution in [0.25, 0.3) is 0 Å². The van der Waals surface area contributed by atoms with Crippen molar-refractivity contribution in [1.82, 2.24) is 14.7 Å². The number of hydrogen-bond acceptors (Lipinski definition) is 4. The second kappa shape index (κ2) is 9.56. The number of benzene rings is 1. The molecule has 0 bridgehead atoms. The van der Waals surface area contributed by atoms with Gasteiger partial charge in [-0.1, -0.05) is 13.8 Å². The SMILES string of the molecule is COc1ccc(NC(=S)N2CCN(CC(=O)N3C[C@H](C)C[C@H](C)C3)CC2)cc1. The minimum Gasteiger partial charge on any atom is -0.497 e. The molecular weight excluding hydrogens is 372 g/mol. The summed E-state index contributed by atoms with van der Waals surface area (Å²) in [5.41, 5.74) is 0.955. The first-order valence-electron chi connectivity index (χ1n) is 10.1. The van der Waals surface area contributed by atoms with Gasteiger partial charge in [0.05, 0.1) is 13.7 Å². The van der Waals surface area contributed by atoms with Crippen molar-refractivity contribution in [2.75, 3.05) is 58.2 Å². The van der Waals surface area contributed by atoms with Crippen LogP contribution < -0.4 is 10.1 Å². The summed E-state index contributed by atoms with van der Waals surface area (Å²) >= 11 is 5.56. The molecule has 1 aromatic rings. The van der Waals surface area contributed by atoms with Gasteiger partial charge >= 0.3 is 0 Å². The highest BCUT2D eigenvalue weighted by Gasteiger charge is 2.27. The second-order valence-corrected chi connectivity index (χ2v) is 8.55. The number of carbonyl (C=O) groups excluding carboxylic acids is 1. The van der Waals surface area contributed by atoms with Gasteiger partial charge in [0.2, 0.25) is 5.91 Å². The predicted molar refractivity (Wildman–Crippen MR) is 117 cm³/mol. The molecule has 0 aliphatic carbocycles. The lowest BCUT2D eigenvalue weighted by atomic mass is 9.92. The van der Waals surface area contributed by atoms with Gasteiger partial charge in [-0.2, -0.15) is 0 Å². The fourth-order valence-corrected chi connectivity index (χ4v) is 4.44. The molecule has 2 aliphatic rings. The predicted octanol–water partition coefficient (Wildman–Crippen LogP) is 2.51. The van der Waals surface area contributed by atoms with E-state index in [0.717, 1.165) is 55.8 Å². The Morgan fingerprint density at radius 3 is 2.25 bits per heavy atom. The van der Waals surface area contributed by atoms with Crippen LogP contribution in [-0.2, 0) is 4.79 Å². The van der Waals surface area contributed by atoms with Gasteiger partial charge in [-0.3, -0.25) is 9.69 Å². The molecule has 0 unspecified atom stereocenters. The molecule has 2 fully saturated rings. The lowest BCUT2D eigenvalue weighted by molar-refractivity contribution is -0.135. The number of amides is 1. The van der Waals surface area contributed by atoms with Gasteiger partial charge in [-0.05, 0) is 54.7 Å². The van der Waals surface area contributed by atoms with Gasteiger partial charge in [-0.15, -0.1) is 0 Å². The number of nitrogens with one attached hydrogen (secondary N) is 1. The van der Waals surface area contributed by atoms with E-state index in [2.05, 4.69) is 33.9 Å². The highest BCUT2D eigenvalue weighted by Crippen LogP contribution is 2.21. The quantitative estimate of drug-likeness (QED) is 0.779. The highest BCUT2D eigenvalue weighted by atomic mass is 32.1. The number of piperazine rings is 1. The fourth-order valence-electron chi connectivity index (χ4n) is 4.14. The molecule has 0 radical (unpaired) electrons. The summed E-state index contributed by atoms with van der Waals surface area (Å²) in [6.45, 7) is 10.2. The van der Waals surface area contributed by atoms with Crippen molar-refractivity contribution in [2.45, 2.75) is 20.3 Å². The van der Waals surface area contributed by atoms with E-state index in [1.807, 2.05) is 24.3 Å². The van der Waals surface area contributed by atoms with Gasteiger partial charge in [0.15, 0.2) is 5.11 Å². The Bertz CT molecular complexity index is 663. The maximum Gasteiger partial charge on any atom is 0.236 e. The standard InChI is InChI=1S/C21H32N4O2S/c1-16-12-17(2)14-25(13-16)20(26)15-23-8-10-24(11-9-23)21(28)22-18-4-6-19(27-3)7-5-18/h4-7,16-17H,8-15H2,1-3H3,(H,22,28)/t16-,17+. The molecule has 1 amide bonds. The maximum absolute atomic E-state index is 12.7. The summed E-state index contributed by atoms with van der Waals surface area (Å²) in [4.78, 5) is 19.2. The van der Waals surface area contributed by atoms with E-state index in [9.17, 15) is 4.79 Å². The molecule has 2 aliphatic heterocycles. The first-order chi connectivity index (χ1) is 13.4. The van der Waals surface area contributed by atoms with Gasteiger partial charge in [-0.25, -0.2) is 0 Å². The lowest BCUT2D eigenvalue weighted by Gasteiger charge is -2.39. The molecule has 2 atom stereocenters. The smallest absolute Gasteiger partial charge is 0.236 e. The fraction of sp³-hybridized carbons (Fsp3) is 0.619. The summed E-state index contributed by atoms with van der Waals surface area (Å²) in [7, 11) is 1.66. The number of hydrogen-bond donors (Lipinski definition) is 1. The number of thiocarbonyl (C=S) groups is 1. The van der Waals surface area contributed by atoms with Crippen LogP contribution in [0.5, 0.6) is 5.75 Å². The number of ether oxygens (including phenoxy) is 1. The van der Waals surface area contributed by atoms with Gasteiger partial charge < -0.3 is 19.9 Å². The van der Waals surface area contributed by atoms with Crippen molar-refractivity contribution < 1.29 is 9.53 Å². The van der Waals surface area contributed by atoms with E-state index < -0.39 is 0 Å². The molecule has 0 saturated carbocycles. The number of likely N-dealkylation sites (tertiary alicyclic amines) is 1. The van der Waals surface area contributed by atoms with E-state index in [1.165, 1.54) is 6.42 Å². The Morgan fingerprint density at radius 1 is 1.07 bits per heavy atom. The zero-order valence-electron chi connectivity index (χ0n) is 17.2. The van der Waals surface area contributed by atoms with Crippen molar-refractivity contribution in [3.63, 3.8) is 0 Å². The summed E-state index contributed by atoms with van der Waals surface area (Å²) in [5, 5.41) is 4.02. The summed E-state index contributed by atoms with van der Waals surface area (Å²) in [5.74, 6) is 2.30. The number of rotatable bonds is 4. The van der Waals surface area contributed by atoms with Crippen molar-refractivity contribution in [3.05, 3.63) is 24.3 Å². The Hall–Kier alpha value is -1.86. The molecular formula is C21H32N4O2S. The molecule has 7 heteroatoms. The third kappa shape index (κ3) is 5.58. The first-order valence-corrected chi connectivity index (χ1v) is 10.6. The van der Waals surface area contributed by atoms with E-state index >= 15 is 0 Å². The third-order valence-corrected chi connectivity index (χ3v) is 5.94. The Labute approximate surface area is 173 Å². The molecule has 2 heterocycles. The summed E-state index contributed by atoms with van der Waals surface area (Å²) < 4.78 is 5.18. The highest BCUT2D eigenvalue weighted by molar-refractivity contribution is 7.80. The van der Waals surface area contributed by atoms with E-state index in [4.69, 9.17) is 17.0 Å². The van der Waals surface area contributed by atoms with Crippen LogP contribution in [0.1, 0.15) is 20.3 Å². The topological polar surface area (TPSA) is 48.1 Å². The van der Waals surface area contributed by atoms with Crippen molar-refractivity contribution in [3.8, 4) is 5.75 Å². The van der Waals surface area contributed by atoms with Crippen LogP contribution in [0.4, 0.5) is 5.69 Å². The monoisotopic (exact) mass is 404 g/mol. The van der Waals surface area contributed by atoms with Crippen LogP contribution >= 0.6 is 12.2 Å². The van der Waals surface area contributed by atoms with E-state index in [1.54, 1.807) is 7.11 Å². The molecule has 28 heavy (non-hydrogen) atoms. The molecule has 0 spiro atoms. The minimum atomic E-state index is 0.269. The molecule has 0 aromatic heterocycles. The number of nitrogens with zero attached hydrogens (tertiary/aromatic N) is 3. The molecule has 154 valence electrons. The average Bonchev–Trinajstić information content (AvgIpc) is 2.68. The zero-order chi connectivity index (χ0) is 20.1. The molecule has 2 saturated heterocycles. The maximum atomic E-state index is 12.7. The number of methoxy groups -OCH3 is 1. The molecule has 3 rings (SSSR count). The van der Waals surface area contributed by atoms with Crippen LogP contribution in [-0.4, -0.2) is 78.6 Å². The minimum absolute atomic E-state index is 0.269. The number of piperidine rings is 1. The van der Waals surface area contributed by atoms with Crippen molar-refractivity contribution in [1.29, 1.82) is 0 Å². The van der Waals surface area contributed by atoms with Crippen LogP contribution in [0, 0.1) is 11.8 Å². The van der Waals surface area contributed by atoms with Gasteiger partial charge in [0, 0.05) is 45.0 Å². The Morgan fingerprint density at radius 2 is 1.68 bits per heavy atom. The van der Waals surface area contributed by atoms with Crippen LogP contribution in [0.2, 0.25) is 0 Å². The van der Waals surface area contributed by atoms with E-state index in [0.29, 0.717) is 18.4 Å². The zero-order valence-corrected chi connectivity index (χ0v) is 18.0. The van der Waals surface area contributed by atoms with Crippen molar-refractivity contribution in [2.24, 2.45) is 11.8 Å². The third-order valence-electron chi connectivity index (χ3n) is 5.58. The van der Waals surface area contributed by atoms with Crippen LogP contribution in [0.3, 0.4) is 0 Å². The molecule has 1 aromatic carbocycles. The average molecular weight is 405 g/mol. The summed E-state index contributed by atoms with van der Waals surface area (Å²) in [6, 6.07) is 7.74. The van der Waals surface area contributed by atoms with E-state index in [-0.39, 0.29) is 5.91 Å². The molecule has 6 nitrogen and oxygen atoms in total. The first kappa shape index (κ1) is 20.9. The van der Waals surface area contributed by atoms with Gasteiger partial charge in [0.25, 0.3) is 0 Å². The van der Waals surface area contributed by atoms with Crippen LogP contribution in [0.15, 0.2) is 24.3 Å². The van der Waals surface area contributed by atoms with Crippen molar-refractivity contribution >= 4 is 28.9 Å². The Kier molecular flexibility index (Phi) is 7.13. The normalized spacial score (nSPS) is 23.4. The largest absolute Gasteiger partial charge is 0.497 e. The lowest BCUT2D eigenvalue weighted by Crippen LogP contribution is -2.53. The second-order valence-electron chi connectivity index (χ2n) is 8.17.